The van der Waals surface area contributed by atoms with Crippen molar-refractivity contribution >= 4 is 29.4 Å². The molecule has 0 spiro atoms. The van der Waals surface area contributed by atoms with Gasteiger partial charge in [0.15, 0.2) is 17.3 Å². The van der Waals surface area contributed by atoms with E-state index in [1.807, 2.05) is 38.1 Å². The molecule has 3 aromatic rings. The number of hydrogen-bond donors (Lipinski definition) is 1. The molecule has 176 valence electrons. The Bertz CT molecular complexity index is 1240. The van der Waals surface area contributed by atoms with Crippen molar-refractivity contribution < 1.29 is 23.5 Å². The van der Waals surface area contributed by atoms with Gasteiger partial charge in [-0.15, -0.1) is 0 Å². The molecule has 8 nitrogen and oxygen atoms in total. The zero-order valence-electron chi connectivity index (χ0n) is 19.3. The van der Waals surface area contributed by atoms with Crippen molar-refractivity contribution in [3.05, 3.63) is 69.4 Å². The number of rotatable bonds is 9. The van der Waals surface area contributed by atoms with Crippen LogP contribution in [0.15, 0.2) is 46.5 Å². The number of carbonyl (C=O) groups is 1. The molecule has 0 aliphatic carbocycles. The van der Waals surface area contributed by atoms with Gasteiger partial charge in [0.25, 0.3) is 5.91 Å². The van der Waals surface area contributed by atoms with E-state index in [0.717, 1.165) is 16.9 Å². The van der Waals surface area contributed by atoms with Crippen molar-refractivity contribution in [2.75, 3.05) is 25.6 Å². The molecule has 0 fully saturated rings. The van der Waals surface area contributed by atoms with Gasteiger partial charge in [-0.2, -0.15) is 5.26 Å². The number of aromatic nitrogens is 1. The van der Waals surface area contributed by atoms with Crippen LogP contribution >= 0.6 is 11.6 Å². The third-order valence-electron chi connectivity index (χ3n) is 4.78. The van der Waals surface area contributed by atoms with Crippen LogP contribution in [0, 0.1) is 32.1 Å². The quantitative estimate of drug-likeness (QED) is 0.252. The molecule has 3 rings (SSSR count). The Kier molecular flexibility index (Phi) is 8.17. The smallest absolute Gasteiger partial charge is 0.267 e. The van der Waals surface area contributed by atoms with Crippen LogP contribution in [-0.2, 0) is 4.79 Å². The Balaban J connectivity index is 1.70. The first-order valence-corrected chi connectivity index (χ1v) is 10.8. The van der Waals surface area contributed by atoms with Crippen molar-refractivity contribution in [2.24, 2.45) is 0 Å². The van der Waals surface area contributed by atoms with E-state index in [0.29, 0.717) is 29.4 Å². The van der Waals surface area contributed by atoms with Crippen LogP contribution in [0.4, 0.5) is 5.82 Å². The van der Waals surface area contributed by atoms with Crippen LogP contribution in [0.1, 0.15) is 22.5 Å². The first-order chi connectivity index (χ1) is 16.3. The number of ether oxygens (including phenoxy) is 3. The number of nitriles is 1. The lowest BCUT2D eigenvalue weighted by atomic mass is 10.1. The van der Waals surface area contributed by atoms with Crippen molar-refractivity contribution in [3.63, 3.8) is 0 Å². The predicted octanol–water partition coefficient (Wildman–Crippen LogP) is 5.27. The summed E-state index contributed by atoms with van der Waals surface area (Å²) in [6, 6.07) is 12.6. The molecule has 1 N–H and O–H groups in total. The minimum absolute atomic E-state index is 0.144. The third kappa shape index (κ3) is 6.09. The second kappa shape index (κ2) is 11.3. The lowest BCUT2D eigenvalue weighted by Gasteiger charge is -2.15. The number of aryl methyl sites for hydroxylation is 3. The lowest BCUT2D eigenvalue weighted by molar-refractivity contribution is -0.112. The molecular weight excluding hydrogens is 458 g/mol. The van der Waals surface area contributed by atoms with Crippen LogP contribution in [0.5, 0.6) is 17.2 Å². The Morgan fingerprint density at radius 1 is 1.15 bits per heavy atom. The summed E-state index contributed by atoms with van der Waals surface area (Å²) in [5.74, 6) is 1.64. The second-order valence-electron chi connectivity index (χ2n) is 7.40. The van der Waals surface area contributed by atoms with Crippen molar-refractivity contribution in [1.82, 2.24) is 5.16 Å². The monoisotopic (exact) mass is 481 g/mol. The zero-order chi connectivity index (χ0) is 24.7. The van der Waals surface area contributed by atoms with E-state index in [1.165, 1.54) is 13.2 Å². The number of carbonyl (C=O) groups excluding carboxylic acids is 1. The van der Waals surface area contributed by atoms with Crippen LogP contribution in [0.3, 0.4) is 0 Å². The molecule has 0 aliphatic heterocycles. The van der Waals surface area contributed by atoms with Gasteiger partial charge in [0.1, 0.15) is 36.4 Å². The maximum Gasteiger partial charge on any atom is 0.267 e. The fourth-order valence-corrected chi connectivity index (χ4v) is 3.48. The van der Waals surface area contributed by atoms with Gasteiger partial charge in [-0.1, -0.05) is 35.0 Å². The normalized spacial score (nSPS) is 11.0. The molecule has 2 aromatic carbocycles. The lowest BCUT2D eigenvalue weighted by Crippen LogP contribution is -2.13. The topological polar surface area (TPSA) is 107 Å². The third-order valence-corrected chi connectivity index (χ3v) is 5.06. The van der Waals surface area contributed by atoms with E-state index in [9.17, 15) is 10.1 Å². The summed E-state index contributed by atoms with van der Waals surface area (Å²) in [6.07, 6.45) is 1.39. The number of benzene rings is 2. The van der Waals surface area contributed by atoms with Gasteiger partial charge in [-0.05, 0) is 55.7 Å². The van der Waals surface area contributed by atoms with E-state index in [2.05, 4.69) is 10.5 Å². The summed E-state index contributed by atoms with van der Waals surface area (Å²) >= 11 is 6.42. The summed E-state index contributed by atoms with van der Waals surface area (Å²) in [6.45, 7) is 6.21. The first-order valence-electron chi connectivity index (χ1n) is 10.4. The highest BCUT2D eigenvalue weighted by molar-refractivity contribution is 6.32. The summed E-state index contributed by atoms with van der Waals surface area (Å²) in [5.41, 5.74) is 2.43. The molecule has 0 atom stereocenters. The van der Waals surface area contributed by atoms with Crippen LogP contribution in [-0.4, -0.2) is 31.4 Å². The highest BCUT2D eigenvalue weighted by Gasteiger charge is 2.15. The van der Waals surface area contributed by atoms with Crippen LogP contribution in [0.25, 0.3) is 6.08 Å². The fraction of sp³-hybridized carbons (Fsp3) is 0.240. The maximum atomic E-state index is 12.4. The molecule has 1 amide bonds. The summed E-state index contributed by atoms with van der Waals surface area (Å²) in [7, 11) is 1.48. The number of anilines is 1. The Morgan fingerprint density at radius 3 is 2.41 bits per heavy atom. The number of methoxy groups -OCH3 is 1. The predicted molar refractivity (Wildman–Crippen MR) is 128 cm³/mol. The minimum atomic E-state index is -0.630. The zero-order valence-corrected chi connectivity index (χ0v) is 20.0. The van der Waals surface area contributed by atoms with Crippen molar-refractivity contribution in [3.8, 4) is 23.3 Å². The maximum absolute atomic E-state index is 12.4. The van der Waals surface area contributed by atoms with Gasteiger partial charge in [-0.25, -0.2) is 0 Å². The Morgan fingerprint density at radius 2 is 1.82 bits per heavy atom. The van der Waals surface area contributed by atoms with Gasteiger partial charge in [0, 0.05) is 6.07 Å². The molecule has 34 heavy (non-hydrogen) atoms. The van der Waals surface area contributed by atoms with Gasteiger partial charge in [0.2, 0.25) is 0 Å². The van der Waals surface area contributed by atoms with Crippen molar-refractivity contribution in [1.29, 1.82) is 5.26 Å². The van der Waals surface area contributed by atoms with E-state index >= 15 is 0 Å². The molecule has 1 heterocycles. The van der Waals surface area contributed by atoms with Gasteiger partial charge < -0.3 is 24.1 Å². The highest BCUT2D eigenvalue weighted by Crippen LogP contribution is 2.37. The largest absolute Gasteiger partial charge is 0.493 e. The number of nitrogens with zero attached hydrogens (tertiary/aromatic N) is 2. The van der Waals surface area contributed by atoms with Crippen LogP contribution < -0.4 is 19.5 Å². The SMILES string of the molecule is COc1cc(C=C(C#N)C(=O)Nc2cc(C)on2)cc(Cl)c1OCCOc1c(C)cccc1C. The van der Waals surface area contributed by atoms with E-state index in [1.54, 1.807) is 25.1 Å². The summed E-state index contributed by atoms with van der Waals surface area (Å²) in [5, 5.41) is 15.9. The minimum Gasteiger partial charge on any atom is -0.493 e. The van der Waals surface area contributed by atoms with E-state index < -0.39 is 5.91 Å². The first kappa shape index (κ1) is 24.7. The van der Waals surface area contributed by atoms with Crippen LogP contribution in [0.2, 0.25) is 5.02 Å². The summed E-state index contributed by atoms with van der Waals surface area (Å²) in [4.78, 5) is 12.4. The molecule has 0 unspecified atom stereocenters. The number of nitrogens with one attached hydrogen (secondary N) is 1. The average Bonchev–Trinajstić information content (AvgIpc) is 3.21. The molecule has 0 bridgehead atoms. The van der Waals surface area contributed by atoms with E-state index in [-0.39, 0.29) is 23.0 Å². The molecule has 9 heteroatoms. The molecule has 0 aliphatic rings. The number of halogens is 1. The van der Waals surface area contributed by atoms with E-state index in [4.69, 9.17) is 30.3 Å². The number of hydrogen-bond acceptors (Lipinski definition) is 7. The Hall–Kier alpha value is -3.96. The average molecular weight is 482 g/mol. The van der Waals surface area contributed by atoms with Gasteiger partial charge in [-0.3, -0.25) is 4.79 Å². The standard InChI is InChI=1S/C25H24ClN3O5/c1-15-6-5-7-16(2)23(15)32-8-9-33-24-20(26)12-18(13-21(24)31-4)11-19(14-27)25(30)28-22-10-17(3)34-29-22/h5-7,10-13H,8-9H2,1-4H3,(H,28,29,30). The summed E-state index contributed by atoms with van der Waals surface area (Å²) < 4.78 is 22.0. The molecule has 0 saturated heterocycles. The molecule has 1 aromatic heterocycles. The number of amides is 1. The Labute approximate surface area is 202 Å². The highest BCUT2D eigenvalue weighted by atomic mass is 35.5. The molecule has 0 radical (unpaired) electrons. The van der Waals surface area contributed by atoms with Crippen molar-refractivity contribution in [2.45, 2.75) is 20.8 Å². The number of para-hydroxylation sites is 1. The van der Waals surface area contributed by atoms with Gasteiger partial charge >= 0.3 is 0 Å². The molecular formula is C25H24ClN3O5. The van der Waals surface area contributed by atoms with Gasteiger partial charge in [0.05, 0.1) is 12.1 Å². The fourth-order valence-electron chi connectivity index (χ4n) is 3.20. The molecule has 0 saturated carbocycles. The second-order valence-corrected chi connectivity index (χ2v) is 7.81.